The molecule has 0 saturated carbocycles. The van der Waals surface area contributed by atoms with Crippen LogP contribution in [0.4, 0.5) is 11.6 Å². The summed E-state index contributed by atoms with van der Waals surface area (Å²) in [5, 5.41) is 18.1. The van der Waals surface area contributed by atoms with Crippen molar-refractivity contribution in [2.24, 2.45) is 0 Å². The molecule has 1 aliphatic heterocycles. The van der Waals surface area contributed by atoms with E-state index in [2.05, 4.69) is 42.6 Å². The fraction of sp³-hybridized carbons (Fsp3) is 0.286. The number of benzene rings is 1. The Hall–Kier alpha value is -3.05. The van der Waals surface area contributed by atoms with Crippen molar-refractivity contribution in [3.05, 3.63) is 45.9 Å². The third-order valence-corrected chi connectivity index (χ3v) is 5.30. The van der Waals surface area contributed by atoms with E-state index in [1.165, 1.54) is 0 Å². The molecule has 1 aliphatic rings. The summed E-state index contributed by atoms with van der Waals surface area (Å²) in [6.07, 6.45) is 0. The normalized spacial score (nSPS) is 17.2. The first-order valence-corrected chi connectivity index (χ1v) is 10.1. The van der Waals surface area contributed by atoms with E-state index in [0.717, 1.165) is 15.4 Å². The fourth-order valence-electron chi connectivity index (χ4n) is 3.47. The third kappa shape index (κ3) is 3.32. The van der Waals surface area contributed by atoms with Crippen LogP contribution in [0.25, 0.3) is 10.8 Å². The van der Waals surface area contributed by atoms with Crippen LogP contribution in [0.1, 0.15) is 31.9 Å². The zero-order valence-electron chi connectivity index (χ0n) is 16.3. The Morgan fingerprint density at radius 3 is 2.34 bits per heavy atom. The topological polar surface area (TPSA) is 92.1 Å². The quantitative estimate of drug-likeness (QED) is 0.574. The number of hydrogen-bond acceptors (Lipinski definition) is 7. The Morgan fingerprint density at radius 2 is 1.72 bits per heavy atom. The summed E-state index contributed by atoms with van der Waals surface area (Å²) < 4.78 is 12.3. The summed E-state index contributed by atoms with van der Waals surface area (Å²) >= 11 is 3.48. The van der Waals surface area contributed by atoms with Crippen molar-refractivity contribution in [3.63, 3.8) is 0 Å². The maximum absolute atomic E-state index is 9.77. The average molecular weight is 454 g/mol. The molecule has 1 aromatic carbocycles. The molecule has 8 heteroatoms. The lowest BCUT2D eigenvalue weighted by Crippen LogP contribution is -2.43. The Bertz CT molecular complexity index is 1110. The predicted molar refractivity (Wildman–Crippen MR) is 115 cm³/mol. The highest BCUT2D eigenvalue weighted by atomic mass is 79.9. The van der Waals surface area contributed by atoms with E-state index in [1.54, 1.807) is 6.07 Å². The van der Waals surface area contributed by atoms with Crippen molar-refractivity contribution in [2.75, 3.05) is 23.8 Å². The number of nitrogens with one attached hydrogen (secondary N) is 2. The van der Waals surface area contributed by atoms with Gasteiger partial charge in [0.15, 0.2) is 0 Å². The Labute approximate surface area is 177 Å². The number of aromatic nitrogens is 2. The summed E-state index contributed by atoms with van der Waals surface area (Å²) in [5.74, 6) is 1.96. The minimum Gasteiger partial charge on any atom is -0.478 e. The van der Waals surface area contributed by atoms with Crippen molar-refractivity contribution < 1.29 is 9.47 Å². The van der Waals surface area contributed by atoms with Crippen LogP contribution in [0.2, 0.25) is 0 Å². The first kappa shape index (κ1) is 19.3. The molecule has 0 saturated heterocycles. The van der Waals surface area contributed by atoms with E-state index in [0.29, 0.717) is 47.6 Å². The van der Waals surface area contributed by atoms with Gasteiger partial charge in [-0.05, 0) is 38.5 Å². The molecule has 1 unspecified atom stereocenters. The highest BCUT2D eigenvalue weighted by Crippen LogP contribution is 2.43. The predicted octanol–water partition coefficient (Wildman–Crippen LogP) is 4.77. The molecule has 148 valence electrons. The van der Waals surface area contributed by atoms with E-state index >= 15 is 0 Å². The fourth-order valence-corrected chi connectivity index (χ4v) is 3.74. The molecule has 4 rings (SSSR count). The second-order valence-electron chi connectivity index (χ2n) is 6.73. The van der Waals surface area contributed by atoms with Crippen LogP contribution >= 0.6 is 15.9 Å². The largest absolute Gasteiger partial charge is 0.478 e. The first-order valence-electron chi connectivity index (χ1n) is 9.36. The van der Waals surface area contributed by atoms with Crippen LogP contribution in [0, 0.1) is 11.3 Å². The summed E-state index contributed by atoms with van der Waals surface area (Å²) in [6.45, 7) is 6.65. The highest BCUT2D eigenvalue weighted by Gasteiger charge is 2.35. The van der Waals surface area contributed by atoms with Gasteiger partial charge in [-0.1, -0.05) is 28.1 Å². The van der Waals surface area contributed by atoms with E-state index in [4.69, 9.17) is 9.47 Å². The molecule has 0 fully saturated rings. The smallest absolute Gasteiger partial charge is 0.234 e. The summed E-state index contributed by atoms with van der Waals surface area (Å²) in [5.41, 5.74) is 0.710. The number of pyridine rings is 2. The molecule has 0 bridgehead atoms. The molecule has 0 radical (unpaired) electrons. The molecule has 0 spiro atoms. The van der Waals surface area contributed by atoms with Gasteiger partial charge in [-0.2, -0.15) is 15.2 Å². The maximum atomic E-state index is 9.77. The molecule has 7 nitrogen and oxygen atoms in total. The number of anilines is 2. The average Bonchev–Trinajstić information content (AvgIpc) is 2.68. The number of hydrogen-bond donors (Lipinski definition) is 2. The van der Waals surface area contributed by atoms with Gasteiger partial charge in [0.25, 0.3) is 0 Å². The second-order valence-corrected chi connectivity index (χ2v) is 7.65. The van der Waals surface area contributed by atoms with Gasteiger partial charge in [0.2, 0.25) is 11.8 Å². The van der Waals surface area contributed by atoms with Crippen LogP contribution in [0.5, 0.6) is 11.8 Å². The summed E-state index contributed by atoms with van der Waals surface area (Å²) in [6, 6.07) is 12.0. The second kappa shape index (κ2) is 7.41. The monoisotopic (exact) mass is 453 g/mol. The molecule has 0 amide bonds. The van der Waals surface area contributed by atoms with Crippen molar-refractivity contribution in [1.29, 1.82) is 5.26 Å². The van der Waals surface area contributed by atoms with Crippen LogP contribution in [0.15, 0.2) is 34.8 Å². The Morgan fingerprint density at radius 1 is 1.07 bits per heavy atom. The minimum atomic E-state index is -0.664. The zero-order chi connectivity index (χ0) is 20.6. The highest BCUT2D eigenvalue weighted by molar-refractivity contribution is 9.10. The molecule has 3 aromatic rings. The SMILES string of the molecule is CCOc1cc2c(C#N)c(OCC)nc3c2c(n1)NC(C)(c1ccc(Br)cc1)N3. The lowest BCUT2D eigenvalue weighted by Gasteiger charge is -2.38. The summed E-state index contributed by atoms with van der Waals surface area (Å²) in [4.78, 5) is 9.26. The number of ether oxygens (including phenoxy) is 2. The molecule has 0 aliphatic carbocycles. The van der Waals surface area contributed by atoms with Gasteiger partial charge in [0, 0.05) is 15.9 Å². The van der Waals surface area contributed by atoms with Crippen molar-refractivity contribution >= 4 is 38.3 Å². The van der Waals surface area contributed by atoms with Crippen molar-refractivity contribution in [1.82, 2.24) is 9.97 Å². The van der Waals surface area contributed by atoms with Gasteiger partial charge < -0.3 is 20.1 Å². The lowest BCUT2D eigenvalue weighted by atomic mass is 9.97. The molecule has 1 atom stereocenters. The standard InChI is InChI=1S/C21H20BrN5O2/c1-4-28-16-10-14-15(11-23)20(29-5-2)25-19-17(14)18(24-16)26-21(3,27-19)12-6-8-13(22)9-7-12/h6-10H,4-5H2,1-3H3,(H,24,26)(H,25,27). The van der Waals surface area contributed by atoms with Crippen molar-refractivity contribution in [2.45, 2.75) is 26.4 Å². The van der Waals surface area contributed by atoms with Gasteiger partial charge in [0.05, 0.1) is 18.6 Å². The van der Waals surface area contributed by atoms with E-state index < -0.39 is 5.66 Å². The van der Waals surface area contributed by atoms with E-state index in [9.17, 15) is 5.26 Å². The Kier molecular flexibility index (Phi) is 4.92. The van der Waals surface area contributed by atoms with Crippen LogP contribution in [-0.2, 0) is 5.66 Å². The molecular formula is C21H20BrN5O2. The molecule has 2 N–H and O–H groups in total. The van der Waals surface area contributed by atoms with Crippen LogP contribution in [-0.4, -0.2) is 23.2 Å². The zero-order valence-corrected chi connectivity index (χ0v) is 17.9. The van der Waals surface area contributed by atoms with Gasteiger partial charge >= 0.3 is 0 Å². The van der Waals surface area contributed by atoms with Crippen LogP contribution in [0.3, 0.4) is 0 Å². The van der Waals surface area contributed by atoms with Crippen molar-refractivity contribution in [3.8, 4) is 17.8 Å². The maximum Gasteiger partial charge on any atom is 0.234 e. The molecule has 2 aromatic heterocycles. The van der Waals surface area contributed by atoms with E-state index in [-0.39, 0.29) is 0 Å². The number of halogens is 1. The van der Waals surface area contributed by atoms with Gasteiger partial charge in [-0.25, -0.2) is 0 Å². The molecular weight excluding hydrogens is 434 g/mol. The van der Waals surface area contributed by atoms with Gasteiger partial charge in [-0.15, -0.1) is 0 Å². The van der Waals surface area contributed by atoms with Crippen LogP contribution < -0.4 is 20.1 Å². The molecule has 3 heterocycles. The van der Waals surface area contributed by atoms with E-state index in [1.807, 2.05) is 45.0 Å². The molecule has 29 heavy (non-hydrogen) atoms. The Balaban J connectivity index is 1.96. The number of nitrogens with zero attached hydrogens (tertiary/aromatic N) is 3. The van der Waals surface area contributed by atoms with Gasteiger partial charge in [-0.3, -0.25) is 0 Å². The first-order chi connectivity index (χ1) is 14.0. The number of nitriles is 1. The van der Waals surface area contributed by atoms with Gasteiger partial charge in [0.1, 0.15) is 28.9 Å². The lowest BCUT2D eigenvalue weighted by molar-refractivity contribution is 0.325. The number of rotatable bonds is 5. The minimum absolute atomic E-state index is 0.296. The summed E-state index contributed by atoms with van der Waals surface area (Å²) in [7, 11) is 0. The third-order valence-electron chi connectivity index (χ3n) is 4.77.